The first-order valence-corrected chi connectivity index (χ1v) is 13.7. The Balaban J connectivity index is 1.90. The standard InChI is InChI=1S/C26H31NOSi/c1-22(20-26(28-29(2,3)4)23-14-8-5-9-15-23)21-27(24-16-10-6-11-17-24)25-18-12-7-13-19-25/h5-20,22H,21H2,1-4H3/b26-20-. The van der Waals surface area contributed by atoms with Gasteiger partial charge in [-0.25, -0.2) is 0 Å². The molecular formula is C26H31NOSi. The van der Waals surface area contributed by atoms with Gasteiger partial charge in [-0.3, -0.25) is 0 Å². The molecule has 150 valence electrons. The molecule has 0 N–H and O–H groups in total. The number of rotatable bonds is 8. The van der Waals surface area contributed by atoms with Gasteiger partial charge in [-0.2, -0.15) is 0 Å². The Morgan fingerprint density at radius 3 is 1.69 bits per heavy atom. The minimum absolute atomic E-state index is 0.307. The normalized spacial score (nSPS) is 13.0. The Hall–Kier alpha value is -2.78. The summed E-state index contributed by atoms with van der Waals surface area (Å²) >= 11 is 0. The zero-order chi connectivity index (χ0) is 20.7. The fraction of sp³-hybridized carbons (Fsp3) is 0.231. The van der Waals surface area contributed by atoms with Crippen LogP contribution in [-0.4, -0.2) is 14.9 Å². The molecule has 0 spiro atoms. The van der Waals surface area contributed by atoms with Crippen LogP contribution in [0.5, 0.6) is 0 Å². The summed E-state index contributed by atoms with van der Waals surface area (Å²) in [7, 11) is -1.72. The highest BCUT2D eigenvalue weighted by atomic mass is 28.4. The molecule has 0 aliphatic heterocycles. The van der Waals surface area contributed by atoms with E-state index in [-0.39, 0.29) is 0 Å². The summed E-state index contributed by atoms with van der Waals surface area (Å²) < 4.78 is 6.47. The van der Waals surface area contributed by atoms with Crippen LogP contribution in [-0.2, 0) is 4.43 Å². The predicted octanol–water partition coefficient (Wildman–Crippen LogP) is 7.35. The van der Waals surface area contributed by atoms with E-state index in [1.54, 1.807) is 0 Å². The molecule has 0 heterocycles. The van der Waals surface area contributed by atoms with Gasteiger partial charge >= 0.3 is 0 Å². The van der Waals surface area contributed by atoms with Gasteiger partial charge in [0.15, 0.2) is 0 Å². The molecule has 0 saturated heterocycles. The maximum atomic E-state index is 6.47. The minimum atomic E-state index is -1.72. The van der Waals surface area contributed by atoms with Crippen molar-refractivity contribution in [3.05, 3.63) is 103 Å². The van der Waals surface area contributed by atoms with Gasteiger partial charge in [-0.1, -0.05) is 73.7 Å². The lowest BCUT2D eigenvalue weighted by Gasteiger charge is -2.28. The number of hydrogen-bond acceptors (Lipinski definition) is 2. The van der Waals surface area contributed by atoms with E-state index in [1.165, 1.54) is 11.4 Å². The Morgan fingerprint density at radius 1 is 0.793 bits per heavy atom. The summed E-state index contributed by atoms with van der Waals surface area (Å²) in [5.41, 5.74) is 3.55. The molecule has 1 unspecified atom stereocenters. The van der Waals surface area contributed by atoms with Crippen molar-refractivity contribution in [2.75, 3.05) is 11.4 Å². The van der Waals surface area contributed by atoms with Gasteiger partial charge in [0.2, 0.25) is 8.32 Å². The van der Waals surface area contributed by atoms with Crippen molar-refractivity contribution in [3.8, 4) is 0 Å². The first-order chi connectivity index (χ1) is 13.9. The molecule has 2 nitrogen and oxygen atoms in total. The van der Waals surface area contributed by atoms with E-state index in [1.807, 2.05) is 6.07 Å². The molecule has 3 rings (SSSR count). The van der Waals surface area contributed by atoms with Crippen molar-refractivity contribution in [3.63, 3.8) is 0 Å². The molecule has 3 aromatic rings. The number of anilines is 2. The zero-order valence-corrected chi connectivity index (χ0v) is 18.9. The van der Waals surface area contributed by atoms with Gasteiger partial charge in [0, 0.05) is 23.5 Å². The third-order valence-electron chi connectivity index (χ3n) is 4.52. The molecule has 0 bridgehead atoms. The van der Waals surface area contributed by atoms with E-state index >= 15 is 0 Å². The molecule has 0 radical (unpaired) electrons. The molecule has 0 aliphatic rings. The number of para-hydroxylation sites is 2. The highest BCUT2D eigenvalue weighted by Gasteiger charge is 2.20. The second-order valence-electron chi connectivity index (χ2n) is 8.37. The summed E-state index contributed by atoms with van der Waals surface area (Å²) in [5.74, 6) is 1.31. The molecule has 3 aromatic carbocycles. The zero-order valence-electron chi connectivity index (χ0n) is 17.9. The van der Waals surface area contributed by atoms with Gasteiger partial charge in [0.25, 0.3) is 0 Å². The van der Waals surface area contributed by atoms with Crippen LogP contribution in [0.1, 0.15) is 12.5 Å². The van der Waals surface area contributed by atoms with Gasteiger partial charge in [-0.05, 0) is 55.9 Å². The van der Waals surface area contributed by atoms with E-state index < -0.39 is 8.32 Å². The average Bonchev–Trinajstić information content (AvgIpc) is 2.72. The van der Waals surface area contributed by atoms with Crippen molar-refractivity contribution in [1.82, 2.24) is 0 Å². The van der Waals surface area contributed by atoms with Crippen LogP contribution in [0, 0.1) is 5.92 Å². The number of nitrogens with zero attached hydrogens (tertiary/aromatic N) is 1. The van der Waals surface area contributed by atoms with Crippen LogP contribution in [0.25, 0.3) is 5.76 Å². The lowest BCUT2D eigenvalue weighted by atomic mass is 10.1. The summed E-state index contributed by atoms with van der Waals surface area (Å²) in [5, 5.41) is 0. The molecule has 1 atom stereocenters. The van der Waals surface area contributed by atoms with Crippen LogP contribution in [0.3, 0.4) is 0 Å². The van der Waals surface area contributed by atoms with E-state index in [0.717, 1.165) is 17.9 Å². The fourth-order valence-corrected chi connectivity index (χ4v) is 4.14. The Labute approximate surface area is 176 Å². The quantitative estimate of drug-likeness (QED) is 0.289. The second kappa shape index (κ2) is 9.62. The van der Waals surface area contributed by atoms with Crippen LogP contribution in [0.4, 0.5) is 11.4 Å². The van der Waals surface area contributed by atoms with E-state index in [0.29, 0.717) is 5.92 Å². The lowest BCUT2D eigenvalue weighted by molar-refractivity contribution is 0.507. The Kier molecular flexibility index (Phi) is 6.94. The monoisotopic (exact) mass is 401 g/mol. The van der Waals surface area contributed by atoms with Crippen molar-refractivity contribution in [2.45, 2.75) is 26.6 Å². The smallest absolute Gasteiger partial charge is 0.242 e. The molecule has 0 fully saturated rings. The third-order valence-corrected chi connectivity index (χ3v) is 5.35. The molecule has 3 heteroatoms. The average molecular weight is 402 g/mol. The SMILES string of the molecule is CC(/C=C(\O[Si](C)(C)C)c1ccccc1)CN(c1ccccc1)c1ccccc1. The highest BCUT2D eigenvalue weighted by molar-refractivity contribution is 6.70. The first-order valence-electron chi connectivity index (χ1n) is 10.3. The van der Waals surface area contributed by atoms with Crippen LogP contribution in [0.2, 0.25) is 19.6 Å². The second-order valence-corrected chi connectivity index (χ2v) is 12.8. The third kappa shape index (κ3) is 6.36. The maximum Gasteiger partial charge on any atom is 0.242 e. The largest absolute Gasteiger partial charge is 0.544 e. The van der Waals surface area contributed by atoms with E-state index in [9.17, 15) is 0 Å². The topological polar surface area (TPSA) is 12.5 Å². The number of benzene rings is 3. The Bertz CT molecular complexity index is 862. The van der Waals surface area contributed by atoms with E-state index in [2.05, 4.69) is 122 Å². The summed E-state index contributed by atoms with van der Waals surface area (Å²) in [6, 6.07) is 31.6. The van der Waals surface area contributed by atoms with Crippen molar-refractivity contribution in [1.29, 1.82) is 0 Å². The van der Waals surface area contributed by atoms with Crippen molar-refractivity contribution >= 4 is 25.5 Å². The van der Waals surface area contributed by atoms with Crippen LogP contribution in [0.15, 0.2) is 97.1 Å². The summed E-state index contributed by atoms with van der Waals surface area (Å²) in [4.78, 5) is 2.37. The maximum absolute atomic E-state index is 6.47. The van der Waals surface area contributed by atoms with Gasteiger partial charge < -0.3 is 9.33 Å². The lowest BCUT2D eigenvalue weighted by Crippen LogP contribution is -2.26. The summed E-state index contributed by atoms with van der Waals surface area (Å²) in [6.45, 7) is 9.83. The van der Waals surface area contributed by atoms with Gasteiger partial charge in [-0.15, -0.1) is 0 Å². The van der Waals surface area contributed by atoms with Crippen LogP contribution < -0.4 is 4.90 Å². The fourth-order valence-electron chi connectivity index (χ4n) is 3.30. The first kappa shape index (κ1) is 20.9. The summed E-state index contributed by atoms with van der Waals surface area (Å²) in [6.07, 6.45) is 2.28. The van der Waals surface area contributed by atoms with Gasteiger partial charge in [0.05, 0.1) is 0 Å². The molecule has 0 amide bonds. The highest BCUT2D eigenvalue weighted by Crippen LogP contribution is 2.28. The Morgan fingerprint density at radius 2 is 1.24 bits per heavy atom. The van der Waals surface area contributed by atoms with Crippen LogP contribution >= 0.6 is 0 Å². The number of hydrogen-bond donors (Lipinski definition) is 0. The predicted molar refractivity (Wildman–Crippen MR) is 128 cm³/mol. The van der Waals surface area contributed by atoms with Crippen molar-refractivity contribution in [2.24, 2.45) is 5.92 Å². The minimum Gasteiger partial charge on any atom is -0.544 e. The molecule has 0 aliphatic carbocycles. The molecule has 0 aromatic heterocycles. The van der Waals surface area contributed by atoms with Crippen molar-refractivity contribution < 1.29 is 4.43 Å². The molecule has 29 heavy (non-hydrogen) atoms. The molecule has 0 saturated carbocycles. The van der Waals surface area contributed by atoms with Gasteiger partial charge in [0.1, 0.15) is 5.76 Å². The molecular weight excluding hydrogens is 370 g/mol. The van der Waals surface area contributed by atoms with E-state index in [4.69, 9.17) is 4.43 Å².